The van der Waals surface area contributed by atoms with E-state index in [1.807, 2.05) is 12.3 Å². The molecule has 1 aromatic heterocycles. The molecule has 0 aliphatic rings. The number of thiazole rings is 1. The fourth-order valence-electron chi connectivity index (χ4n) is 2.56. The van der Waals surface area contributed by atoms with E-state index in [-0.39, 0.29) is 5.25 Å². The maximum absolute atomic E-state index is 11.4. The Kier molecular flexibility index (Phi) is 11.4. The van der Waals surface area contributed by atoms with Gasteiger partial charge in [-0.05, 0) is 13.3 Å². The predicted molar refractivity (Wildman–Crippen MR) is 101 cm³/mol. The number of rotatable bonds is 14. The van der Waals surface area contributed by atoms with Crippen molar-refractivity contribution in [2.24, 2.45) is 0 Å². The molecule has 1 atom stereocenters. The summed E-state index contributed by atoms with van der Waals surface area (Å²) >= 11 is 2.95. The quantitative estimate of drug-likeness (QED) is 0.313. The fourth-order valence-corrected chi connectivity index (χ4v) is 4.62. The Morgan fingerprint density at radius 1 is 1.13 bits per heavy atom. The molecule has 0 aromatic carbocycles. The molecule has 0 saturated carbocycles. The first-order valence-corrected chi connectivity index (χ1v) is 10.7. The number of aromatic nitrogens is 1. The van der Waals surface area contributed by atoms with E-state index in [0.29, 0.717) is 0 Å². The summed E-state index contributed by atoms with van der Waals surface area (Å²) in [7, 11) is 0. The molecule has 0 spiro atoms. The van der Waals surface area contributed by atoms with Crippen LogP contribution in [0.5, 0.6) is 0 Å². The van der Waals surface area contributed by atoms with Crippen molar-refractivity contribution in [2.45, 2.75) is 94.1 Å². The van der Waals surface area contributed by atoms with Gasteiger partial charge in [-0.2, -0.15) is 0 Å². The van der Waals surface area contributed by atoms with Crippen LogP contribution >= 0.6 is 23.1 Å². The summed E-state index contributed by atoms with van der Waals surface area (Å²) < 4.78 is 0.877. The van der Waals surface area contributed by atoms with Gasteiger partial charge in [0.1, 0.15) is 5.25 Å². The molecular formula is C18H31NO2S2. The normalized spacial score (nSPS) is 12.4. The zero-order valence-corrected chi connectivity index (χ0v) is 16.2. The Bertz CT molecular complexity index is 434. The summed E-state index contributed by atoms with van der Waals surface area (Å²) in [5.74, 6) is -0.709. The van der Waals surface area contributed by atoms with Gasteiger partial charge in [-0.3, -0.25) is 4.79 Å². The van der Waals surface area contributed by atoms with Crippen LogP contribution in [-0.4, -0.2) is 21.3 Å². The second kappa shape index (κ2) is 12.8. The number of nitrogens with zero attached hydrogens (tertiary/aromatic N) is 1. The molecule has 5 heteroatoms. The van der Waals surface area contributed by atoms with Gasteiger partial charge in [0.2, 0.25) is 0 Å². The van der Waals surface area contributed by atoms with Crippen molar-refractivity contribution in [3.63, 3.8) is 0 Å². The molecule has 1 heterocycles. The van der Waals surface area contributed by atoms with Gasteiger partial charge in [0, 0.05) is 11.1 Å². The van der Waals surface area contributed by atoms with E-state index in [9.17, 15) is 9.90 Å². The van der Waals surface area contributed by atoms with Crippen LogP contribution in [0.4, 0.5) is 0 Å². The van der Waals surface area contributed by atoms with Crippen molar-refractivity contribution in [1.29, 1.82) is 0 Å². The highest BCUT2D eigenvalue weighted by molar-refractivity contribution is 8.02. The number of carboxylic acid groups (broad SMARTS) is 1. The Morgan fingerprint density at radius 2 is 1.70 bits per heavy atom. The van der Waals surface area contributed by atoms with Crippen LogP contribution in [0.25, 0.3) is 0 Å². The van der Waals surface area contributed by atoms with Gasteiger partial charge >= 0.3 is 5.97 Å². The minimum atomic E-state index is -0.709. The number of unbranched alkanes of at least 4 members (excludes halogenated alkanes) is 9. The summed E-state index contributed by atoms with van der Waals surface area (Å²) in [6, 6.07) is 0. The van der Waals surface area contributed by atoms with E-state index in [4.69, 9.17) is 0 Å². The Morgan fingerprint density at radius 3 is 2.17 bits per heavy atom. The van der Waals surface area contributed by atoms with E-state index in [2.05, 4.69) is 11.9 Å². The smallest absolute Gasteiger partial charge is 0.317 e. The number of aliphatic carboxylic acids is 1. The van der Waals surface area contributed by atoms with E-state index < -0.39 is 5.97 Å². The molecule has 0 aliphatic heterocycles. The second-order valence-electron chi connectivity index (χ2n) is 6.17. The molecule has 23 heavy (non-hydrogen) atoms. The topological polar surface area (TPSA) is 50.2 Å². The lowest BCUT2D eigenvalue weighted by Crippen LogP contribution is -2.16. The maximum Gasteiger partial charge on any atom is 0.317 e. The molecule has 1 aromatic rings. The summed E-state index contributed by atoms with van der Waals surface area (Å²) in [6.07, 6.45) is 13.6. The minimum absolute atomic E-state index is 0.352. The largest absolute Gasteiger partial charge is 0.480 e. The lowest BCUT2D eigenvalue weighted by atomic mass is 10.1. The summed E-state index contributed by atoms with van der Waals surface area (Å²) in [5, 5.41) is 11.0. The van der Waals surface area contributed by atoms with Crippen molar-refractivity contribution in [2.75, 3.05) is 0 Å². The third kappa shape index (κ3) is 10.0. The van der Waals surface area contributed by atoms with E-state index >= 15 is 0 Å². The molecule has 0 fully saturated rings. The molecule has 1 rings (SSSR count). The van der Waals surface area contributed by atoms with Gasteiger partial charge in [-0.25, -0.2) is 4.98 Å². The van der Waals surface area contributed by atoms with Crippen LogP contribution in [0, 0.1) is 6.92 Å². The average molecular weight is 358 g/mol. The first-order chi connectivity index (χ1) is 11.1. The highest BCUT2D eigenvalue weighted by atomic mass is 32.2. The van der Waals surface area contributed by atoms with Crippen molar-refractivity contribution in [3.05, 3.63) is 11.1 Å². The zero-order valence-electron chi connectivity index (χ0n) is 14.6. The number of thioether (sulfide) groups is 1. The average Bonchev–Trinajstić information content (AvgIpc) is 2.93. The summed E-state index contributed by atoms with van der Waals surface area (Å²) in [4.78, 5) is 15.7. The highest BCUT2D eigenvalue weighted by Crippen LogP contribution is 2.29. The Hall–Kier alpha value is -0.550. The van der Waals surface area contributed by atoms with Gasteiger partial charge in [0.25, 0.3) is 0 Å². The van der Waals surface area contributed by atoms with Crippen molar-refractivity contribution in [3.8, 4) is 0 Å². The van der Waals surface area contributed by atoms with Gasteiger partial charge in [-0.1, -0.05) is 82.9 Å². The maximum atomic E-state index is 11.4. The molecule has 0 bridgehead atoms. The predicted octanol–water partition coefficient (Wildman–Crippen LogP) is 6.31. The monoisotopic (exact) mass is 357 g/mol. The zero-order chi connectivity index (χ0) is 16.9. The van der Waals surface area contributed by atoms with Crippen molar-refractivity contribution >= 4 is 29.1 Å². The molecule has 0 radical (unpaired) electrons. The summed E-state index contributed by atoms with van der Waals surface area (Å²) in [5.41, 5.74) is 0.973. The SMILES string of the molecule is CCCCCCCCCCCCC(Sc1nc(C)cs1)C(=O)O. The molecule has 1 unspecified atom stereocenters. The molecule has 0 amide bonds. The van der Waals surface area contributed by atoms with Gasteiger partial charge in [-0.15, -0.1) is 11.3 Å². The number of aryl methyl sites for hydroxylation is 1. The van der Waals surface area contributed by atoms with Crippen LogP contribution in [-0.2, 0) is 4.79 Å². The summed E-state index contributed by atoms with van der Waals surface area (Å²) in [6.45, 7) is 4.19. The number of hydrogen-bond donors (Lipinski definition) is 1. The number of carbonyl (C=O) groups is 1. The van der Waals surface area contributed by atoms with Gasteiger partial charge in [0.15, 0.2) is 4.34 Å². The minimum Gasteiger partial charge on any atom is -0.480 e. The third-order valence-electron chi connectivity index (χ3n) is 3.94. The molecule has 3 nitrogen and oxygen atoms in total. The van der Waals surface area contributed by atoms with Crippen LogP contribution in [0.2, 0.25) is 0 Å². The lowest BCUT2D eigenvalue weighted by Gasteiger charge is -2.10. The molecule has 0 aliphatic carbocycles. The third-order valence-corrected chi connectivity index (χ3v) is 6.28. The number of hydrogen-bond acceptors (Lipinski definition) is 4. The second-order valence-corrected chi connectivity index (χ2v) is 8.48. The molecule has 1 N–H and O–H groups in total. The number of carboxylic acids is 1. The van der Waals surface area contributed by atoms with Crippen LogP contribution < -0.4 is 0 Å². The fraction of sp³-hybridized carbons (Fsp3) is 0.778. The van der Waals surface area contributed by atoms with E-state index in [1.165, 1.54) is 63.1 Å². The van der Waals surface area contributed by atoms with Crippen LogP contribution in [0.15, 0.2) is 9.72 Å². The van der Waals surface area contributed by atoms with E-state index in [1.54, 1.807) is 11.3 Å². The van der Waals surface area contributed by atoms with Crippen molar-refractivity contribution < 1.29 is 9.90 Å². The first-order valence-electron chi connectivity index (χ1n) is 8.95. The lowest BCUT2D eigenvalue weighted by molar-refractivity contribution is -0.136. The highest BCUT2D eigenvalue weighted by Gasteiger charge is 2.19. The standard InChI is InChI=1S/C18H31NO2S2/c1-3-4-5-6-7-8-9-10-11-12-13-16(17(20)21)23-18-19-15(2)14-22-18/h14,16H,3-13H2,1-2H3,(H,20,21). The molecule has 132 valence electrons. The Labute approximate surface area is 149 Å². The van der Waals surface area contributed by atoms with Crippen LogP contribution in [0.3, 0.4) is 0 Å². The first kappa shape index (κ1) is 20.5. The van der Waals surface area contributed by atoms with Gasteiger partial charge in [0.05, 0.1) is 0 Å². The van der Waals surface area contributed by atoms with Gasteiger partial charge < -0.3 is 5.11 Å². The van der Waals surface area contributed by atoms with Crippen LogP contribution in [0.1, 0.15) is 83.2 Å². The molecular weight excluding hydrogens is 326 g/mol. The molecule has 0 saturated heterocycles. The van der Waals surface area contributed by atoms with E-state index in [0.717, 1.165) is 29.3 Å². The van der Waals surface area contributed by atoms with Crippen molar-refractivity contribution in [1.82, 2.24) is 4.98 Å². The Balaban J connectivity index is 2.06.